The number of hydrogen-bond donors (Lipinski definition) is 3. The first kappa shape index (κ1) is 18.9. The average Bonchev–Trinajstić information content (AvgIpc) is 2.60. The Morgan fingerprint density at radius 1 is 1.15 bits per heavy atom. The van der Waals surface area contributed by atoms with E-state index in [0.717, 1.165) is 0 Å². The monoisotopic (exact) mass is 359 g/mol. The number of carbonyl (C=O) groups is 3. The minimum atomic E-state index is -1.03. The third-order valence-corrected chi connectivity index (χ3v) is 3.40. The lowest BCUT2D eigenvalue weighted by molar-refractivity contribution is -0.129. The maximum Gasteiger partial charge on any atom is 0.338 e. The number of hydrogen-bond acceptors (Lipinski definition) is 4. The topological polar surface area (TPSA) is 111 Å². The summed E-state index contributed by atoms with van der Waals surface area (Å²) in [5.41, 5.74) is 6.23. The van der Waals surface area contributed by atoms with Crippen molar-refractivity contribution >= 4 is 23.6 Å². The molecule has 0 saturated carbocycles. The second-order valence-electron chi connectivity index (χ2n) is 5.46. The standard InChI is InChI=1S/C18H18FN3O4/c1-11(16(23)21-10-12-5-7-14(19)8-6-12)26-17(24)13-3-2-4-15(9-13)22-18(20)25/h2-9,11H,10H2,1H3,(H,21,23)(H3,20,22,25)/t11-/m0/s1. The molecule has 2 aromatic rings. The Balaban J connectivity index is 1.90. The fraction of sp³-hybridized carbons (Fsp3) is 0.167. The minimum absolute atomic E-state index is 0.162. The van der Waals surface area contributed by atoms with Gasteiger partial charge >= 0.3 is 12.0 Å². The summed E-state index contributed by atoms with van der Waals surface area (Å²) in [6.07, 6.45) is -1.03. The van der Waals surface area contributed by atoms with Gasteiger partial charge in [-0.1, -0.05) is 18.2 Å². The highest BCUT2D eigenvalue weighted by Crippen LogP contribution is 2.12. The molecule has 0 unspecified atom stereocenters. The first-order chi connectivity index (χ1) is 12.3. The molecule has 7 nitrogen and oxygen atoms in total. The average molecular weight is 359 g/mol. The fourth-order valence-electron chi connectivity index (χ4n) is 2.08. The molecule has 0 fully saturated rings. The second kappa shape index (κ2) is 8.61. The van der Waals surface area contributed by atoms with Gasteiger partial charge in [0.05, 0.1) is 5.56 Å². The number of amides is 3. The van der Waals surface area contributed by atoms with Crippen LogP contribution in [-0.2, 0) is 16.1 Å². The van der Waals surface area contributed by atoms with Gasteiger partial charge in [-0.2, -0.15) is 0 Å². The van der Waals surface area contributed by atoms with E-state index in [2.05, 4.69) is 10.6 Å². The van der Waals surface area contributed by atoms with Crippen LogP contribution in [0, 0.1) is 5.82 Å². The zero-order valence-electron chi connectivity index (χ0n) is 14.0. The molecule has 2 aromatic carbocycles. The number of rotatable bonds is 6. The molecule has 0 aliphatic rings. The lowest BCUT2D eigenvalue weighted by atomic mass is 10.2. The third-order valence-electron chi connectivity index (χ3n) is 3.40. The number of anilines is 1. The zero-order chi connectivity index (χ0) is 19.1. The Morgan fingerprint density at radius 2 is 1.85 bits per heavy atom. The number of nitrogens with one attached hydrogen (secondary N) is 2. The van der Waals surface area contributed by atoms with Crippen LogP contribution in [-0.4, -0.2) is 24.0 Å². The van der Waals surface area contributed by atoms with Gasteiger partial charge in [0.2, 0.25) is 0 Å². The summed E-state index contributed by atoms with van der Waals surface area (Å²) in [5.74, 6) is -1.58. The molecule has 1 atom stereocenters. The Labute approximate surface area is 149 Å². The Kier molecular flexibility index (Phi) is 6.26. The van der Waals surface area contributed by atoms with Crippen molar-refractivity contribution in [2.24, 2.45) is 5.73 Å². The van der Waals surface area contributed by atoms with Crippen molar-refractivity contribution in [2.45, 2.75) is 19.6 Å². The first-order valence-corrected chi connectivity index (χ1v) is 7.75. The van der Waals surface area contributed by atoms with Crippen molar-refractivity contribution in [3.63, 3.8) is 0 Å². The number of esters is 1. The van der Waals surface area contributed by atoms with E-state index in [1.165, 1.54) is 31.2 Å². The van der Waals surface area contributed by atoms with Gasteiger partial charge in [0.25, 0.3) is 5.91 Å². The van der Waals surface area contributed by atoms with Crippen LogP contribution in [0.25, 0.3) is 0 Å². The van der Waals surface area contributed by atoms with Gasteiger partial charge in [0, 0.05) is 12.2 Å². The molecule has 26 heavy (non-hydrogen) atoms. The minimum Gasteiger partial charge on any atom is -0.449 e. The Hall–Kier alpha value is -3.42. The van der Waals surface area contributed by atoms with E-state index in [4.69, 9.17) is 10.5 Å². The molecule has 0 heterocycles. The molecule has 0 bridgehead atoms. The van der Waals surface area contributed by atoms with Crippen molar-refractivity contribution in [3.05, 3.63) is 65.5 Å². The maximum atomic E-state index is 12.8. The highest BCUT2D eigenvalue weighted by Gasteiger charge is 2.19. The van der Waals surface area contributed by atoms with Crippen LogP contribution < -0.4 is 16.4 Å². The predicted molar refractivity (Wildman–Crippen MR) is 92.8 cm³/mol. The molecule has 3 amide bonds. The predicted octanol–water partition coefficient (Wildman–Crippen LogP) is 2.18. The molecule has 136 valence electrons. The Bertz CT molecular complexity index is 808. The molecule has 4 N–H and O–H groups in total. The van der Waals surface area contributed by atoms with Crippen molar-refractivity contribution in [1.82, 2.24) is 5.32 Å². The van der Waals surface area contributed by atoms with E-state index in [9.17, 15) is 18.8 Å². The molecule has 8 heteroatoms. The normalized spacial score (nSPS) is 11.3. The van der Waals surface area contributed by atoms with Crippen molar-refractivity contribution < 1.29 is 23.5 Å². The zero-order valence-corrected chi connectivity index (χ0v) is 14.0. The van der Waals surface area contributed by atoms with Gasteiger partial charge in [0.1, 0.15) is 5.82 Å². The van der Waals surface area contributed by atoms with Crippen LogP contribution in [0.3, 0.4) is 0 Å². The molecule has 0 aromatic heterocycles. The number of primary amides is 1. The van der Waals surface area contributed by atoms with Gasteiger partial charge in [-0.05, 0) is 42.8 Å². The van der Waals surface area contributed by atoms with Crippen LogP contribution in [0.1, 0.15) is 22.8 Å². The summed E-state index contributed by atoms with van der Waals surface area (Å²) in [4.78, 5) is 35.0. The van der Waals surface area contributed by atoms with E-state index in [1.54, 1.807) is 24.3 Å². The molecule has 0 aliphatic carbocycles. The largest absolute Gasteiger partial charge is 0.449 e. The lowest BCUT2D eigenvalue weighted by Crippen LogP contribution is -2.35. The molecule has 2 rings (SSSR count). The highest BCUT2D eigenvalue weighted by atomic mass is 19.1. The van der Waals surface area contributed by atoms with Crippen LogP contribution in [0.4, 0.5) is 14.9 Å². The number of ether oxygens (including phenoxy) is 1. The van der Waals surface area contributed by atoms with E-state index >= 15 is 0 Å². The molecule has 0 radical (unpaired) electrons. The van der Waals surface area contributed by atoms with Crippen molar-refractivity contribution in [1.29, 1.82) is 0 Å². The number of carbonyl (C=O) groups excluding carboxylic acids is 3. The highest BCUT2D eigenvalue weighted by molar-refractivity contribution is 5.94. The quantitative estimate of drug-likeness (QED) is 0.687. The lowest BCUT2D eigenvalue weighted by Gasteiger charge is -2.14. The summed E-state index contributed by atoms with van der Waals surface area (Å²) < 4.78 is 18.0. The summed E-state index contributed by atoms with van der Waals surface area (Å²) in [7, 11) is 0. The van der Waals surface area contributed by atoms with Crippen LogP contribution in [0.15, 0.2) is 48.5 Å². The first-order valence-electron chi connectivity index (χ1n) is 7.75. The van der Waals surface area contributed by atoms with Crippen LogP contribution >= 0.6 is 0 Å². The molecule has 0 saturated heterocycles. The van der Waals surface area contributed by atoms with Gasteiger partial charge in [-0.15, -0.1) is 0 Å². The third kappa shape index (κ3) is 5.59. The fourth-order valence-corrected chi connectivity index (χ4v) is 2.08. The van der Waals surface area contributed by atoms with Crippen molar-refractivity contribution in [3.8, 4) is 0 Å². The van der Waals surface area contributed by atoms with Gasteiger partial charge in [-0.3, -0.25) is 4.79 Å². The molecule has 0 aliphatic heterocycles. The van der Waals surface area contributed by atoms with Crippen molar-refractivity contribution in [2.75, 3.05) is 5.32 Å². The van der Waals surface area contributed by atoms with Gasteiger partial charge in [0.15, 0.2) is 6.10 Å². The summed E-state index contributed by atoms with van der Waals surface area (Å²) in [6.45, 7) is 1.61. The number of urea groups is 1. The van der Waals surface area contributed by atoms with Gasteiger partial charge < -0.3 is 21.1 Å². The smallest absolute Gasteiger partial charge is 0.338 e. The SMILES string of the molecule is C[C@H](OC(=O)c1cccc(NC(N)=O)c1)C(=O)NCc1ccc(F)cc1. The van der Waals surface area contributed by atoms with Gasteiger partial charge in [-0.25, -0.2) is 14.0 Å². The Morgan fingerprint density at radius 3 is 2.50 bits per heavy atom. The summed E-state index contributed by atoms with van der Waals surface area (Å²) in [6, 6.07) is 10.9. The van der Waals surface area contributed by atoms with E-state index < -0.39 is 24.0 Å². The number of halogens is 1. The van der Waals surface area contributed by atoms with E-state index in [-0.39, 0.29) is 17.9 Å². The molecule has 0 spiro atoms. The molecular formula is C18H18FN3O4. The maximum absolute atomic E-state index is 12.8. The van der Waals surface area contributed by atoms with Crippen LogP contribution in [0.5, 0.6) is 0 Å². The summed E-state index contributed by atoms with van der Waals surface area (Å²) >= 11 is 0. The van der Waals surface area contributed by atoms with Crippen LogP contribution in [0.2, 0.25) is 0 Å². The summed E-state index contributed by atoms with van der Waals surface area (Å²) in [5, 5.41) is 4.94. The molecular weight excluding hydrogens is 341 g/mol. The second-order valence-corrected chi connectivity index (χ2v) is 5.46. The number of nitrogens with two attached hydrogens (primary N) is 1. The van der Waals surface area contributed by atoms with E-state index in [1.807, 2.05) is 0 Å². The number of benzene rings is 2. The van der Waals surface area contributed by atoms with E-state index in [0.29, 0.717) is 11.3 Å².